The van der Waals surface area contributed by atoms with Gasteiger partial charge in [0.05, 0.1) is 28.3 Å². The third kappa shape index (κ3) is 7.94. The van der Waals surface area contributed by atoms with Crippen molar-refractivity contribution in [2.75, 3.05) is 5.32 Å². The summed E-state index contributed by atoms with van der Waals surface area (Å²) in [4.78, 5) is 12.4. The molecule has 7 rings (SSSR count). The SMILES string of the molecule is Cc1cc(N=Nc2cc(O)c(N=Nc3ccc4cc(NC(=O)c5ccccc5O)ccc4c3O)cc2C)ccc1N=Nc1ccc2cccc(S(=O)(=O)O)c2c1. The van der Waals surface area contributed by atoms with Crippen LogP contribution in [-0.2, 0) is 10.1 Å². The predicted molar refractivity (Wildman–Crippen MR) is 212 cm³/mol. The molecular weight excluding hydrogens is 735 g/mol. The zero-order valence-corrected chi connectivity index (χ0v) is 30.5. The van der Waals surface area contributed by atoms with Gasteiger partial charge >= 0.3 is 0 Å². The number of nitrogens with zero attached hydrogens (tertiary/aromatic N) is 6. The minimum absolute atomic E-state index is 0.130. The first-order valence-corrected chi connectivity index (χ1v) is 18.3. The average molecular weight is 766 g/mol. The van der Waals surface area contributed by atoms with Gasteiger partial charge in [-0.1, -0.05) is 36.4 Å². The maximum absolute atomic E-state index is 12.6. The molecule has 7 aromatic carbocycles. The predicted octanol–water partition coefficient (Wildman–Crippen LogP) is 11.5. The van der Waals surface area contributed by atoms with Crippen molar-refractivity contribution in [2.45, 2.75) is 18.7 Å². The number of nitrogens with one attached hydrogen (secondary N) is 1. The Bertz CT molecular complexity index is 2910. The number of benzene rings is 7. The summed E-state index contributed by atoms with van der Waals surface area (Å²) in [7, 11) is -4.42. The molecule has 0 bridgehead atoms. The first-order chi connectivity index (χ1) is 26.8. The molecule has 5 N–H and O–H groups in total. The molecule has 0 heterocycles. The van der Waals surface area contributed by atoms with Crippen LogP contribution in [0.3, 0.4) is 0 Å². The Morgan fingerprint density at radius 3 is 1.98 bits per heavy atom. The van der Waals surface area contributed by atoms with Crippen molar-refractivity contribution in [1.82, 2.24) is 0 Å². The van der Waals surface area contributed by atoms with E-state index < -0.39 is 16.0 Å². The fourth-order valence-electron chi connectivity index (χ4n) is 5.85. The fraction of sp³-hybridized carbons (Fsp3) is 0.0488. The Morgan fingerprint density at radius 1 is 0.554 bits per heavy atom. The second kappa shape index (κ2) is 15.2. The van der Waals surface area contributed by atoms with Crippen molar-refractivity contribution in [1.29, 1.82) is 0 Å². The van der Waals surface area contributed by atoms with Crippen molar-refractivity contribution >= 4 is 77.4 Å². The third-order valence-corrected chi connectivity index (χ3v) is 9.68. The normalized spacial score (nSPS) is 12.1. The summed E-state index contributed by atoms with van der Waals surface area (Å²) in [5, 5.41) is 62.0. The van der Waals surface area contributed by atoms with Gasteiger partial charge in [0.1, 0.15) is 27.8 Å². The summed E-state index contributed by atoms with van der Waals surface area (Å²) >= 11 is 0. The van der Waals surface area contributed by atoms with Gasteiger partial charge in [0.2, 0.25) is 0 Å². The van der Waals surface area contributed by atoms with Crippen molar-refractivity contribution < 1.29 is 33.1 Å². The highest BCUT2D eigenvalue weighted by Gasteiger charge is 2.15. The van der Waals surface area contributed by atoms with Crippen molar-refractivity contribution in [3.8, 4) is 17.2 Å². The zero-order valence-electron chi connectivity index (χ0n) is 29.7. The number of anilines is 1. The van der Waals surface area contributed by atoms with Crippen LogP contribution in [0.2, 0.25) is 0 Å². The summed E-state index contributed by atoms with van der Waals surface area (Å²) in [6, 6.07) is 32.1. The summed E-state index contributed by atoms with van der Waals surface area (Å²) in [5.74, 6) is -0.965. The maximum atomic E-state index is 12.6. The largest absolute Gasteiger partial charge is 0.507 e. The van der Waals surface area contributed by atoms with Crippen molar-refractivity contribution in [3.05, 3.63) is 138 Å². The number of aromatic hydroxyl groups is 3. The molecule has 0 spiro atoms. The third-order valence-electron chi connectivity index (χ3n) is 8.77. The van der Waals surface area contributed by atoms with Gasteiger partial charge in [0.25, 0.3) is 16.0 Å². The number of hydrogen-bond acceptors (Lipinski definition) is 12. The van der Waals surface area contributed by atoms with Gasteiger partial charge in [-0.2, -0.15) is 28.9 Å². The molecule has 0 aliphatic heterocycles. The number of phenols is 3. The van der Waals surface area contributed by atoms with E-state index >= 15 is 0 Å². The molecule has 0 radical (unpaired) electrons. The molecular formula is C41H31N7O7S. The Morgan fingerprint density at radius 2 is 1.21 bits per heavy atom. The summed E-state index contributed by atoms with van der Waals surface area (Å²) < 4.78 is 33.3. The molecule has 15 heteroatoms. The first kappa shape index (κ1) is 37.0. The highest BCUT2D eigenvalue weighted by molar-refractivity contribution is 7.86. The van der Waals surface area contributed by atoms with Gasteiger partial charge < -0.3 is 20.6 Å². The lowest BCUT2D eigenvalue weighted by Gasteiger charge is -2.09. The van der Waals surface area contributed by atoms with E-state index in [0.29, 0.717) is 55.5 Å². The van der Waals surface area contributed by atoms with E-state index in [1.807, 2.05) is 6.92 Å². The van der Waals surface area contributed by atoms with Crippen LogP contribution >= 0.6 is 0 Å². The van der Waals surface area contributed by atoms with Crippen LogP contribution in [0.1, 0.15) is 21.5 Å². The van der Waals surface area contributed by atoms with Crippen LogP contribution in [0.5, 0.6) is 17.2 Å². The lowest BCUT2D eigenvalue weighted by Crippen LogP contribution is -2.11. The Balaban J connectivity index is 1.03. The Hall–Kier alpha value is -7.36. The molecule has 278 valence electrons. The number of amides is 1. The summed E-state index contributed by atoms with van der Waals surface area (Å²) in [5.41, 5.74) is 4.15. The van der Waals surface area contributed by atoms with Crippen molar-refractivity contribution in [2.24, 2.45) is 30.7 Å². The monoisotopic (exact) mass is 765 g/mol. The Kier molecular flexibility index (Phi) is 10.0. The second-order valence-corrected chi connectivity index (χ2v) is 14.1. The molecule has 1 amide bonds. The van der Waals surface area contributed by atoms with E-state index in [-0.39, 0.29) is 39.1 Å². The Labute approximate surface area is 319 Å². The molecule has 0 aliphatic carbocycles. The van der Waals surface area contributed by atoms with Gasteiger partial charge in [0.15, 0.2) is 5.75 Å². The molecule has 0 unspecified atom stereocenters. The van der Waals surface area contributed by atoms with Crippen LogP contribution < -0.4 is 5.32 Å². The zero-order chi connectivity index (χ0) is 39.6. The first-order valence-electron chi connectivity index (χ1n) is 16.9. The van der Waals surface area contributed by atoms with E-state index in [9.17, 15) is 33.1 Å². The smallest absolute Gasteiger partial charge is 0.295 e. The fourth-order valence-corrected chi connectivity index (χ4v) is 6.55. The number of fused-ring (bicyclic) bond motifs is 2. The molecule has 0 saturated carbocycles. The van der Waals surface area contributed by atoms with Gasteiger partial charge in [-0.3, -0.25) is 9.35 Å². The second-order valence-electron chi connectivity index (χ2n) is 12.7. The van der Waals surface area contributed by atoms with Gasteiger partial charge in [-0.05, 0) is 115 Å². The lowest BCUT2D eigenvalue weighted by atomic mass is 10.1. The molecule has 0 fully saturated rings. The van der Waals surface area contributed by atoms with E-state index in [4.69, 9.17) is 0 Å². The molecule has 0 aromatic heterocycles. The molecule has 56 heavy (non-hydrogen) atoms. The number of hydrogen-bond donors (Lipinski definition) is 5. The van der Waals surface area contributed by atoms with E-state index in [0.717, 1.165) is 5.56 Å². The molecule has 0 saturated heterocycles. The van der Waals surface area contributed by atoms with Gasteiger partial charge in [0, 0.05) is 22.5 Å². The number of carbonyl (C=O) groups excluding carboxylic acids is 1. The van der Waals surface area contributed by atoms with E-state index in [2.05, 4.69) is 36.0 Å². The average Bonchev–Trinajstić information content (AvgIpc) is 3.17. The van der Waals surface area contributed by atoms with Crippen LogP contribution in [0, 0.1) is 13.8 Å². The quantitative estimate of drug-likeness (QED) is 0.0706. The van der Waals surface area contributed by atoms with E-state index in [1.165, 1.54) is 24.3 Å². The number of azo groups is 3. The van der Waals surface area contributed by atoms with Gasteiger partial charge in [-0.25, -0.2) is 0 Å². The highest BCUT2D eigenvalue weighted by atomic mass is 32.2. The van der Waals surface area contributed by atoms with Crippen molar-refractivity contribution in [3.63, 3.8) is 0 Å². The van der Waals surface area contributed by atoms with Crippen LogP contribution in [0.15, 0.2) is 157 Å². The number of para-hydroxylation sites is 1. The number of rotatable bonds is 9. The van der Waals surface area contributed by atoms with Crippen LogP contribution in [-0.4, -0.2) is 34.2 Å². The topological polar surface area (TPSA) is 218 Å². The molecule has 7 aromatic rings. The lowest BCUT2D eigenvalue weighted by molar-refractivity contribution is 0.102. The standard InChI is InChI=1S/C41H31N7O7S/c1-23-18-28(14-17-33(23)45-44-29-12-10-25-6-5-9-39(32(25)21-29)56(53,54)55)43-47-35-22-38(50)36(19-24(35)2)48-46-34-16-11-26-20-27(13-15-30(26)40(34)51)42-41(52)31-7-3-4-8-37(31)49/h3-22,49-51H,1-2H3,(H,42,52)(H,53,54,55). The minimum Gasteiger partial charge on any atom is -0.507 e. The minimum atomic E-state index is -4.42. The number of aryl methyl sites for hydroxylation is 2. The van der Waals surface area contributed by atoms with Crippen LogP contribution in [0.25, 0.3) is 21.5 Å². The molecule has 0 atom stereocenters. The molecule has 14 nitrogen and oxygen atoms in total. The summed E-state index contributed by atoms with van der Waals surface area (Å²) in [6.45, 7) is 3.60. The van der Waals surface area contributed by atoms with E-state index in [1.54, 1.807) is 104 Å². The van der Waals surface area contributed by atoms with Crippen LogP contribution in [0.4, 0.5) is 39.8 Å². The molecule has 0 aliphatic rings. The number of phenolic OH excluding ortho intramolecular Hbond substituents is 3. The number of carbonyl (C=O) groups is 1. The summed E-state index contributed by atoms with van der Waals surface area (Å²) in [6.07, 6.45) is 0. The maximum Gasteiger partial charge on any atom is 0.295 e. The van der Waals surface area contributed by atoms with Gasteiger partial charge in [-0.15, -0.1) is 10.2 Å². The highest BCUT2D eigenvalue weighted by Crippen LogP contribution is 2.40.